The summed E-state index contributed by atoms with van der Waals surface area (Å²) in [4.78, 5) is 13.0. The van der Waals surface area contributed by atoms with Crippen molar-refractivity contribution in [3.8, 4) is 12.5 Å². The van der Waals surface area contributed by atoms with E-state index in [9.17, 15) is 4.79 Å². The first-order chi connectivity index (χ1) is 7.83. The number of terminal acetylenes is 1. The number of aryl methyl sites for hydroxylation is 1. The number of hydrogen-bond acceptors (Lipinski definition) is 2. The van der Waals surface area contributed by atoms with E-state index >= 15 is 0 Å². The number of anilines is 1. The van der Waals surface area contributed by atoms with Crippen molar-refractivity contribution in [3.63, 3.8) is 0 Å². The first kappa shape index (κ1) is 13.1. The predicted octanol–water partition coefficient (Wildman–Crippen LogP) is 3.33. The third-order valence-corrected chi connectivity index (χ3v) is 2.00. The van der Waals surface area contributed by atoms with Crippen molar-refractivity contribution in [1.29, 1.82) is 0 Å². The van der Waals surface area contributed by atoms with Gasteiger partial charge in [-0.2, -0.15) is 0 Å². The number of ether oxygens (including phenoxy) is 1. The first-order valence-corrected chi connectivity index (χ1v) is 5.39. The molecule has 0 saturated heterocycles. The average molecular weight is 231 g/mol. The van der Waals surface area contributed by atoms with Crippen LogP contribution in [0.1, 0.15) is 26.3 Å². The molecule has 0 bridgehead atoms. The molecular formula is C14H17NO2. The van der Waals surface area contributed by atoms with Gasteiger partial charge in [-0.25, -0.2) is 9.69 Å². The molecule has 1 rings (SSSR count). The Morgan fingerprint density at radius 2 is 1.82 bits per heavy atom. The molecule has 0 saturated carbocycles. The number of carbonyl (C=O) groups is 1. The van der Waals surface area contributed by atoms with Crippen LogP contribution in [0.4, 0.5) is 10.5 Å². The smallest absolute Gasteiger partial charge is 0.426 e. The van der Waals surface area contributed by atoms with Crippen LogP contribution in [0, 0.1) is 19.4 Å². The van der Waals surface area contributed by atoms with Crippen molar-refractivity contribution >= 4 is 11.8 Å². The van der Waals surface area contributed by atoms with E-state index in [2.05, 4.69) is 6.04 Å². The van der Waals surface area contributed by atoms with Crippen LogP contribution in [0.25, 0.3) is 0 Å². The molecule has 1 amide bonds. The fourth-order valence-corrected chi connectivity index (χ4v) is 1.23. The van der Waals surface area contributed by atoms with E-state index in [-0.39, 0.29) is 0 Å². The van der Waals surface area contributed by atoms with Crippen molar-refractivity contribution in [2.75, 3.05) is 4.90 Å². The van der Waals surface area contributed by atoms with E-state index in [4.69, 9.17) is 11.2 Å². The lowest BCUT2D eigenvalue weighted by molar-refractivity contribution is 0.0600. The zero-order valence-corrected chi connectivity index (χ0v) is 10.7. The molecule has 3 nitrogen and oxygen atoms in total. The zero-order chi connectivity index (χ0) is 13.1. The molecule has 0 aliphatic rings. The molecule has 1 aromatic carbocycles. The molecular weight excluding hydrogens is 214 g/mol. The summed E-state index contributed by atoms with van der Waals surface area (Å²) >= 11 is 0. The van der Waals surface area contributed by atoms with Gasteiger partial charge in [0.2, 0.25) is 0 Å². The van der Waals surface area contributed by atoms with Crippen LogP contribution in [-0.4, -0.2) is 11.7 Å². The summed E-state index contributed by atoms with van der Waals surface area (Å²) in [6.45, 7) is 7.37. The molecule has 0 radical (unpaired) electrons. The maximum atomic E-state index is 11.8. The van der Waals surface area contributed by atoms with Crippen molar-refractivity contribution in [2.24, 2.45) is 0 Å². The van der Waals surface area contributed by atoms with E-state index in [1.54, 1.807) is 32.9 Å². The zero-order valence-electron chi connectivity index (χ0n) is 10.7. The van der Waals surface area contributed by atoms with E-state index in [1.807, 2.05) is 19.1 Å². The molecule has 3 heteroatoms. The molecule has 17 heavy (non-hydrogen) atoms. The monoisotopic (exact) mass is 231 g/mol. The van der Waals surface area contributed by atoms with Gasteiger partial charge in [0.1, 0.15) is 5.60 Å². The number of carbonyl (C=O) groups excluding carboxylic acids is 1. The second kappa shape index (κ2) is 4.92. The van der Waals surface area contributed by atoms with Crippen LogP contribution in [-0.2, 0) is 4.74 Å². The van der Waals surface area contributed by atoms with Gasteiger partial charge >= 0.3 is 6.09 Å². The van der Waals surface area contributed by atoms with Gasteiger partial charge in [0.25, 0.3) is 0 Å². The van der Waals surface area contributed by atoms with Crippen molar-refractivity contribution < 1.29 is 9.53 Å². The van der Waals surface area contributed by atoms with E-state index in [0.29, 0.717) is 5.69 Å². The Labute approximate surface area is 102 Å². The number of nitrogens with zero attached hydrogens (tertiary/aromatic N) is 1. The second-order valence-corrected chi connectivity index (χ2v) is 4.78. The molecule has 0 atom stereocenters. The van der Waals surface area contributed by atoms with Crippen LogP contribution in [0.15, 0.2) is 24.3 Å². The van der Waals surface area contributed by atoms with Gasteiger partial charge in [-0.3, -0.25) is 0 Å². The van der Waals surface area contributed by atoms with Crippen LogP contribution in [0.2, 0.25) is 0 Å². The van der Waals surface area contributed by atoms with Gasteiger partial charge < -0.3 is 4.74 Å². The van der Waals surface area contributed by atoms with Crippen molar-refractivity contribution in [1.82, 2.24) is 0 Å². The Hall–Kier alpha value is -1.95. The fourth-order valence-electron chi connectivity index (χ4n) is 1.23. The summed E-state index contributed by atoms with van der Waals surface area (Å²) in [6.07, 6.45) is 4.80. The minimum Gasteiger partial charge on any atom is -0.443 e. The van der Waals surface area contributed by atoms with Gasteiger partial charge in [-0.1, -0.05) is 24.1 Å². The normalized spacial score (nSPS) is 10.5. The summed E-state index contributed by atoms with van der Waals surface area (Å²) in [5.41, 5.74) is 1.18. The number of benzene rings is 1. The predicted molar refractivity (Wildman–Crippen MR) is 68.7 cm³/mol. The molecule has 0 aromatic heterocycles. The molecule has 0 aliphatic carbocycles. The summed E-state index contributed by atoms with van der Waals surface area (Å²) in [6, 6.07) is 9.69. The molecule has 0 spiro atoms. The Morgan fingerprint density at radius 1 is 1.29 bits per heavy atom. The summed E-state index contributed by atoms with van der Waals surface area (Å²) in [5.74, 6) is 0. The van der Waals surface area contributed by atoms with Crippen molar-refractivity contribution in [3.05, 3.63) is 29.8 Å². The lowest BCUT2D eigenvalue weighted by Crippen LogP contribution is -2.33. The highest BCUT2D eigenvalue weighted by Gasteiger charge is 2.22. The second-order valence-electron chi connectivity index (χ2n) is 4.78. The lowest BCUT2D eigenvalue weighted by Gasteiger charge is -2.23. The molecule has 0 unspecified atom stereocenters. The van der Waals surface area contributed by atoms with Gasteiger partial charge in [-0.15, -0.1) is 0 Å². The number of hydrogen-bond donors (Lipinski definition) is 0. The van der Waals surface area contributed by atoms with E-state index in [0.717, 1.165) is 10.5 Å². The minimum atomic E-state index is -0.559. The van der Waals surface area contributed by atoms with Crippen LogP contribution < -0.4 is 4.90 Å². The standard InChI is InChI=1S/C14H17NO2/c1-6-15(13(16)17-14(3,4)5)12-9-7-11(2)8-10-12/h1,7-10H,2-5H3. The highest BCUT2D eigenvalue weighted by atomic mass is 16.6. The van der Waals surface area contributed by atoms with Gasteiger partial charge in [0.15, 0.2) is 0 Å². The number of rotatable bonds is 1. The Kier molecular flexibility index (Phi) is 3.80. The lowest BCUT2D eigenvalue weighted by atomic mass is 10.2. The molecule has 90 valence electrons. The van der Waals surface area contributed by atoms with Gasteiger partial charge in [0, 0.05) is 6.04 Å². The summed E-state index contributed by atoms with van der Waals surface area (Å²) < 4.78 is 5.22. The molecule has 0 N–H and O–H groups in total. The SMILES string of the molecule is C#CN(C(=O)OC(C)(C)C)c1ccc(C)cc1. The van der Waals surface area contributed by atoms with Gasteiger partial charge in [0.05, 0.1) is 5.69 Å². The first-order valence-electron chi connectivity index (χ1n) is 5.39. The third-order valence-electron chi connectivity index (χ3n) is 2.00. The summed E-state index contributed by atoms with van der Waals surface area (Å²) in [5, 5.41) is 0. The maximum absolute atomic E-state index is 11.8. The Balaban J connectivity index is 2.90. The van der Waals surface area contributed by atoms with Crippen LogP contribution in [0.5, 0.6) is 0 Å². The minimum absolute atomic E-state index is 0.538. The van der Waals surface area contributed by atoms with Gasteiger partial charge in [-0.05, 0) is 39.8 Å². The topological polar surface area (TPSA) is 29.5 Å². The van der Waals surface area contributed by atoms with Crippen LogP contribution >= 0.6 is 0 Å². The highest BCUT2D eigenvalue weighted by Crippen LogP contribution is 2.18. The van der Waals surface area contributed by atoms with Crippen LogP contribution in [0.3, 0.4) is 0 Å². The molecule has 0 aliphatic heterocycles. The van der Waals surface area contributed by atoms with Crippen molar-refractivity contribution in [2.45, 2.75) is 33.3 Å². The molecule has 0 fully saturated rings. The number of amides is 1. The third kappa shape index (κ3) is 3.84. The fraction of sp³-hybridized carbons (Fsp3) is 0.357. The quantitative estimate of drug-likeness (QED) is 0.548. The Morgan fingerprint density at radius 3 is 2.24 bits per heavy atom. The van der Waals surface area contributed by atoms with E-state index < -0.39 is 11.7 Å². The molecule has 0 heterocycles. The molecule has 1 aromatic rings. The Bertz CT molecular complexity index is 435. The largest absolute Gasteiger partial charge is 0.443 e. The van der Waals surface area contributed by atoms with E-state index in [1.165, 1.54) is 0 Å². The summed E-state index contributed by atoms with van der Waals surface area (Å²) in [7, 11) is 0. The highest BCUT2D eigenvalue weighted by molar-refractivity contribution is 5.91. The maximum Gasteiger partial charge on any atom is 0.426 e. The average Bonchev–Trinajstić information content (AvgIpc) is 2.19.